The molecule has 1 atom stereocenters. The molecule has 5 nitrogen and oxygen atoms in total. The first-order chi connectivity index (χ1) is 9.37. The number of carbonyl (C=O) groups is 1. The molecule has 1 aromatic carbocycles. The number of hydrogen-bond acceptors (Lipinski definition) is 3. The van der Waals surface area contributed by atoms with Crippen molar-refractivity contribution in [1.82, 2.24) is 4.31 Å². The zero-order valence-electron chi connectivity index (χ0n) is 10.3. The highest BCUT2D eigenvalue weighted by molar-refractivity contribution is 7.89. The van der Waals surface area contributed by atoms with Gasteiger partial charge in [0, 0.05) is 12.1 Å². The van der Waals surface area contributed by atoms with Crippen molar-refractivity contribution in [1.29, 1.82) is 0 Å². The van der Waals surface area contributed by atoms with Crippen LogP contribution in [-0.2, 0) is 14.8 Å². The van der Waals surface area contributed by atoms with E-state index in [1.54, 1.807) is 0 Å². The van der Waals surface area contributed by atoms with Gasteiger partial charge in [-0.25, -0.2) is 8.42 Å². The average Bonchev–Trinajstić information content (AvgIpc) is 2.88. The molecule has 1 saturated heterocycles. The number of hydrogen-bond donors (Lipinski definition) is 1. The van der Waals surface area contributed by atoms with Crippen LogP contribution in [0.2, 0.25) is 5.02 Å². The zero-order valence-corrected chi connectivity index (χ0v) is 11.9. The molecule has 1 fully saturated rings. The van der Waals surface area contributed by atoms with Crippen molar-refractivity contribution in [2.75, 3.05) is 6.54 Å². The fraction of sp³-hybridized carbons (Fsp3) is 0.308. The summed E-state index contributed by atoms with van der Waals surface area (Å²) in [6, 6.07) is 2.85. The monoisotopic (exact) mass is 312 g/mol. The van der Waals surface area contributed by atoms with E-state index in [0.717, 1.165) is 4.31 Å². The van der Waals surface area contributed by atoms with Gasteiger partial charge < -0.3 is 5.11 Å². The standard InChI is InChI=1S/C13H11ClNO4S/c1-2-9-5-6-10(8-11(9)14)20(18,19)15-7-3-4-12(15)13(16)17/h5-6,8,12H,3-4,7H2,(H,16,17). The topological polar surface area (TPSA) is 74.7 Å². The predicted molar refractivity (Wildman–Crippen MR) is 72.2 cm³/mol. The van der Waals surface area contributed by atoms with Crippen LogP contribution in [0, 0.1) is 12.3 Å². The maximum atomic E-state index is 12.4. The molecule has 1 aliphatic rings. The molecule has 0 amide bonds. The van der Waals surface area contributed by atoms with Crippen LogP contribution in [0.4, 0.5) is 0 Å². The highest BCUT2D eigenvalue weighted by atomic mass is 35.5. The Morgan fingerprint density at radius 1 is 1.50 bits per heavy atom. The molecule has 1 heterocycles. The van der Waals surface area contributed by atoms with Crippen molar-refractivity contribution >= 4 is 27.6 Å². The van der Waals surface area contributed by atoms with Gasteiger partial charge in [-0.3, -0.25) is 4.79 Å². The van der Waals surface area contributed by atoms with Gasteiger partial charge in [0.05, 0.1) is 9.92 Å². The van der Waals surface area contributed by atoms with E-state index in [-0.39, 0.29) is 22.0 Å². The lowest BCUT2D eigenvalue weighted by Gasteiger charge is -2.21. The van der Waals surface area contributed by atoms with Crippen LogP contribution in [0.5, 0.6) is 0 Å². The summed E-state index contributed by atoms with van der Waals surface area (Å²) in [4.78, 5) is 11.0. The number of rotatable bonds is 3. The average molecular weight is 313 g/mol. The summed E-state index contributed by atoms with van der Waals surface area (Å²) in [5, 5.41) is 9.15. The maximum Gasteiger partial charge on any atom is 0.322 e. The molecule has 0 saturated carbocycles. The van der Waals surface area contributed by atoms with Gasteiger partial charge in [0.25, 0.3) is 0 Å². The first kappa shape index (κ1) is 14.9. The van der Waals surface area contributed by atoms with Crippen LogP contribution in [0.25, 0.3) is 0 Å². The van der Waals surface area contributed by atoms with Crippen LogP contribution in [0.3, 0.4) is 0 Å². The number of nitrogens with zero attached hydrogens (tertiary/aromatic N) is 1. The fourth-order valence-electron chi connectivity index (χ4n) is 2.17. The lowest BCUT2D eigenvalue weighted by molar-refractivity contribution is -0.140. The quantitative estimate of drug-likeness (QED) is 0.859. The number of benzene rings is 1. The van der Waals surface area contributed by atoms with E-state index < -0.39 is 22.0 Å². The summed E-state index contributed by atoms with van der Waals surface area (Å²) in [5.74, 6) is 0.935. The Balaban J connectivity index is 2.43. The van der Waals surface area contributed by atoms with Crippen LogP contribution < -0.4 is 0 Å². The molecule has 1 aromatic rings. The Morgan fingerprint density at radius 2 is 2.20 bits per heavy atom. The van der Waals surface area contributed by atoms with Gasteiger partial charge in [-0.05, 0) is 37.5 Å². The Bertz CT molecular complexity index is 693. The van der Waals surface area contributed by atoms with Crippen molar-refractivity contribution in [3.05, 3.63) is 35.2 Å². The molecule has 1 aliphatic heterocycles. The van der Waals surface area contributed by atoms with Crippen LogP contribution in [0.1, 0.15) is 18.4 Å². The fourth-order valence-corrected chi connectivity index (χ4v) is 4.14. The molecule has 0 aromatic heterocycles. The molecule has 20 heavy (non-hydrogen) atoms. The summed E-state index contributed by atoms with van der Waals surface area (Å²) in [6.07, 6.45) is 7.80. The molecule has 0 bridgehead atoms. The van der Waals surface area contributed by atoms with Crippen molar-refractivity contribution < 1.29 is 18.3 Å². The zero-order chi connectivity index (χ0) is 14.9. The third-order valence-corrected chi connectivity index (χ3v) is 5.39. The van der Waals surface area contributed by atoms with Crippen LogP contribution in [0.15, 0.2) is 23.1 Å². The highest BCUT2D eigenvalue weighted by Gasteiger charge is 2.39. The summed E-state index contributed by atoms with van der Waals surface area (Å²) >= 11 is 5.86. The van der Waals surface area contributed by atoms with Crippen molar-refractivity contribution in [2.24, 2.45) is 0 Å². The second-order valence-electron chi connectivity index (χ2n) is 4.38. The molecule has 2 rings (SSSR count). The summed E-state index contributed by atoms with van der Waals surface area (Å²) in [7, 11) is -3.90. The van der Waals surface area contributed by atoms with Crippen LogP contribution >= 0.6 is 11.6 Å². The number of halogens is 1. The first-order valence-electron chi connectivity index (χ1n) is 5.85. The Morgan fingerprint density at radius 3 is 2.75 bits per heavy atom. The van der Waals surface area contributed by atoms with Gasteiger partial charge in [0.15, 0.2) is 0 Å². The highest BCUT2D eigenvalue weighted by Crippen LogP contribution is 2.28. The lowest BCUT2D eigenvalue weighted by atomic mass is 10.2. The van der Waals surface area contributed by atoms with Crippen molar-refractivity contribution in [3.63, 3.8) is 0 Å². The largest absolute Gasteiger partial charge is 0.480 e. The first-order valence-corrected chi connectivity index (χ1v) is 7.66. The molecule has 0 aliphatic carbocycles. The molecule has 105 valence electrons. The van der Waals surface area contributed by atoms with Crippen LogP contribution in [-0.4, -0.2) is 36.4 Å². The minimum absolute atomic E-state index is 0.0744. The van der Waals surface area contributed by atoms with Gasteiger partial charge >= 0.3 is 5.97 Å². The Hall–Kier alpha value is -1.55. The number of carboxylic acids is 1. The normalized spacial score (nSPS) is 19.7. The molecule has 1 unspecified atom stereocenters. The summed E-state index contributed by atoms with van der Waals surface area (Å²) in [5.41, 5.74) is 0.279. The second-order valence-corrected chi connectivity index (χ2v) is 6.68. The lowest BCUT2D eigenvalue weighted by Crippen LogP contribution is -2.40. The van der Waals surface area contributed by atoms with Gasteiger partial charge in [-0.2, -0.15) is 4.31 Å². The Labute approximate surface area is 122 Å². The van der Waals surface area contributed by atoms with Crippen molar-refractivity contribution in [2.45, 2.75) is 23.8 Å². The second kappa shape index (κ2) is 5.44. The minimum Gasteiger partial charge on any atom is -0.480 e. The third kappa shape index (κ3) is 2.52. The number of carboxylic acid groups (broad SMARTS) is 1. The minimum atomic E-state index is -3.90. The van der Waals surface area contributed by atoms with E-state index in [0.29, 0.717) is 12.8 Å². The van der Waals surface area contributed by atoms with E-state index >= 15 is 0 Å². The van der Waals surface area contributed by atoms with E-state index in [1.807, 2.05) is 0 Å². The molecule has 1 N–H and O–H groups in total. The van der Waals surface area contributed by atoms with E-state index in [4.69, 9.17) is 23.1 Å². The smallest absolute Gasteiger partial charge is 0.322 e. The Kier molecular flexibility index (Phi) is 4.04. The SMILES string of the molecule is [C]#Cc1ccc(S(=O)(=O)N2CCCC2C(=O)O)cc1Cl. The number of sulfonamides is 1. The van der Waals surface area contributed by atoms with Gasteiger partial charge in [0.1, 0.15) is 6.04 Å². The molecule has 0 spiro atoms. The van der Waals surface area contributed by atoms with E-state index in [1.165, 1.54) is 18.2 Å². The van der Waals surface area contributed by atoms with Gasteiger partial charge in [-0.15, -0.1) is 0 Å². The summed E-state index contributed by atoms with van der Waals surface area (Å²) in [6.45, 7) is 0.176. The van der Waals surface area contributed by atoms with E-state index in [2.05, 4.69) is 5.92 Å². The van der Waals surface area contributed by atoms with Gasteiger partial charge in [0.2, 0.25) is 10.0 Å². The molecule has 1 radical (unpaired) electrons. The molecular weight excluding hydrogens is 302 g/mol. The van der Waals surface area contributed by atoms with E-state index in [9.17, 15) is 13.2 Å². The molecule has 7 heteroatoms. The number of aliphatic carboxylic acids is 1. The van der Waals surface area contributed by atoms with Gasteiger partial charge in [-0.1, -0.05) is 17.5 Å². The predicted octanol–water partition coefficient (Wildman–Crippen LogP) is 1.52. The third-order valence-electron chi connectivity index (χ3n) is 3.17. The summed E-state index contributed by atoms with van der Waals surface area (Å²) < 4.78 is 25.9. The van der Waals surface area contributed by atoms with Crippen molar-refractivity contribution in [3.8, 4) is 5.92 Å². The maximum absolute atomic E-state index is 12.4. The molecular formula is C13H11ClNO4S.